The van der Waals surface area contributed by atoms with Gasteiger partial charge in [0.1, 0.15) is 6.10 Å². The van der Waals surface area contributed by atoms with Gasteiger partial charge < -0.3 is 5.11 Å². The number of hydrogen-bond acceptors (Lipinski definition) is 2. The highest BCUT2D eigenvalue weighted by molar-refractivity contribution is 7.81. The van der Waals surface area contributed by atoms with E-state index in [2.05, 4.69) is 12.1 Å². The van der Waals surface area contributed by atoms with Crippen LogP contribution in [0, 0.1) is 0 Å². The van der Waals surface area contributed by atoms with Crippen molar-refractivity contribution < 1.29 is 5.11 Å². The molecule has 3 rings (SSSR count). The Bertz CT molecular complexity index is 766. The molecule has 1 unspecified atom stereocenters. The van der Waals surface area contributed by atoms with E-state index in [9.17, 15) is 5.11 Å². The number of thiocarbonyl (C=S) groups is 1. The lowest BCUT2D eigenvalue weighted by Crippen LogP contribution is -2.12. The van der Waals surface area contributed by atoms with Crippen LogP contribution in [0.2, 0.25) is 0 Å². The van der Waals surface area contributed by atoms with E-state index >= 15 is 0 Å². The van der Waals surface area contributed by atoms with Gasteiger partial charge in [0.25, 0.3) is 0 Å². The molecule has 1 nitrogen and oxygen atoms in total. The van der Waals surface area contributed by atoms with E-state index in [4.69, 9.17) is 12.2 Å². The van der Waals surface area contributed by atoms with Crippen LogP contribution in [0.5, 0.6) is 0 Å². The molecule has 1 N–H and O–H groups in total. The molecule has 0 aliphatic carbocycles. The largest absolute Gasteiger partial charge is 0.383 e. The molecule has 3 aromatic rings. The highest BCUT2D eigenvalue weighted by Crippen LogP contribution is 2.28. The first kappa shape index (κ1) is 14.6. The average Bonchev–Trinajstić information content (AvgIpc) is 2.62. The van der Waals surface area contributed by atoms with Crippen LogP contribution in [-0.4, -0.2) is 9.97 Å². The predicted molar refractivity (Wildman–Crippen MR) is 95.0 cm³/mol. The molecule has 0 aliphatic rings. The molecule has 0 aromatic heterocycles. The first-order valence-electron chi connectivity index (χ1n) is 7.19. The fourth-order valence-corrected chi connectivity index (χ4v) is 2.82. The summed E-state index contributed by atoms with van der Waals surface area (Å²) in [6.45, 7) is 0. The van der Waals surface area contributed by atoms with Crippen LogP contribution in [-0.2, 0) is 0 Å². The minimum atomic E-state index is -0.777. The van der Waals surface area contributed by atoms with Crippen molar-refractivity contribution in [3.8, 4) is 11.1 Å². The summed E-state index contributed by atoms with van der Waals surface area (Å²) in [7, 11) is 0. The van der Waals surface area contributed by atoms with Crippen molar-refractivity contribution in [2.45, 2.75) is 6.10 Å². The summed E-state index contributed by atoms with van der Waals surface area (Å²) >= 11 is 5.56. The minimum absolute atomic E-state index is 0.547. The van der Waals surface area contributed by atoms with Crippen molar-refractivity contribution in [1.29, 1.82) is 0 Å². The van der Waals surface area contributed by atoms with E-state index in [1.165, 1.54) is 0 Å². The van der Waals surface area contributed by atoms with Crippen molar-refractivity contribution in [2.24, 2.45) is 0 Å². The maximum atomic E-state index is 10.6. The van der Waals surface area contributed by atoms with Crippen LogP contribution >= 0.6 is 12.2 Å². The smallest absolute Gasteiger partial charge is 0.115 e. The summed E-state index contributed by atoms with van der Waals surface area (Å²) in [6, 6.07) is 27.6. The van der Waals surface area contributed by atoms with Gasteiger partial charge in [0.2, 0.25) is 0 Å². The summed E-state index contributed by atoms with van der Waals surface area (Å²) in [6.07, 6.45) is -0.777. The molecule has 1 atom stereocenters. The molecule has 0 saturated heterocycles. The molecule has 22 heavy (non-hydrogen) atoms. The zero-order valence-corrected chi connectivity index (χ0v) is 12.8. The van der Waals surface area contributed by atoms with Crippen LogP contribution < -0.4 is 0 Å². The molecule has 2 heteroatoms. The van der Waals surface area contributed by atoms with Gasteiger partial charge in [-0.3, -0.25) is 0 Å². The molecular formula is C20H16OS. The van der Waals surface area contributed by atoms with Gasteiger partial charge in [-0.15, -0.1) is 0 Å². The second-order valence-corrected chi connectivity index (χ2v) is 5.53. The molecule has 0 heterocycles. The van der Waals surface area contributed by atoms with Gasteiger partial charge in [0.15, 0.2) is 0 Å². The number of rotatable bonds is 4. The predicted octanol–water partition coefficient (Wildman–Crippen LogP) is 4.81. The summed E-state index contributed by atoms with van der Waals surface area (Å²) in [5.41, 5.74) is 3.86. The number of benzene rings is 3. The Hall–Kier alpha value is -2.29. The number of aliphatic hydroxyl groups excluding tert-OH is 1. The zero-order valence-electron chi connectivity index (χ0n) is 12.0. The summed E-state index contributed by atoms with van der Waals surface area (Å²) in [4.78, 5) is 0.547. The molecule has 0 radical (unpaired) electrons. The first-order valence-corrected chi connectivity index (χ1v) is 7.60. The van der Waals surface area contributed by atoms with E-state index in [1.807, 2.05) is 72.8 Å². The Kier molecular flexibility index (Phi) is 4.42. The van der Waals surface area contributed by atoms with E-state index in [0.717, 1.165) is 22.3 Å². The Morgan fingerprint density at radius 3 is 1.95 bits per heavy atom. The minimum Gasteiger partial charge on any atom is -0.383 e. The fourth-order valence-electron chi connectivity index (χ4n) is 2.50. The van der Waals surface area contributed by atoms with Crippen molar-refractivity contribution >= 4 is 17.1 Å². The first-order chi connectivity index (χ1) is 10.8. The fraction of sp³-hybridized carbons (Fsp3) is 0.0500. The second kappa shape index (κ2) is 6.65. The highest BCUT2D eigenvalue weighted by atomic mass is 32.1. The molecular weight excluding hydrogens is 288 g/mol. The maximum Gasteiger partial charge on any atom is 0.115 e. The van der Waals surface area contributed by atoms with Gasteiger partial charge >= 0.3 is 0 Å². The summed E-state index contributed by atoms with van der Waals surface area (Å²) < 4.78 is 0. The van der Waals surface area contributed by atoms with Gasteiger partial charge in [0, 0.05) is 0 Å². The third-order valence-electron chi connectivity index (χ3n) is 3.64. The Morgan fingerprint density at radius 2 is 1.27 bits per heavy atom. The molecule has 0 aliphatic heterocycles. The number of hydrogen-bond donors (Lipinski definition) is 1. The maximum absolute atomic E-state index is 10.6. The lowest BCUT2D eigenvalue weighted by Gasteiger charge is -2.16. The van der Waals surface area contributed by atoms with Gasteiger partial charge in [0.05, 0.1) is 4.86 Å². The van der Waals surface area contributed by atoms with E-state index < -0.39 is 6.10 Å². The third-order valence-corrected chi connectivity index (χ3v) is 4.08. The standard InChI is InChI=1S/C20H16OS/c21-19(16-11-5-2-6-12-16)20(22)18-14-8-7-13-17(18)15-9-3-1-4-10-15/h1-14,19,21H. The normalized spacial score (nSPS) is 11.9. The molecule has 0 bridgehead atoms. The molecule has 0 saturated carbocycles. The summed E-state index contributed by atoms with van der Waals surface area (Å²) in [5, 5.41) is 10.6. The molecule has 0 fully saturated rings. The van der Waals surface area contributed by atoms with E-state index in [0.29, 0.717) is 4.86 Å². The van der Waals surface area contributed by atoms with Crippen LogP contribution in [0.1, 0.15) is 17.2 Å². The SMILES string of the molecule is OC(C(=S)c1ccccc1-c1ccccc1)c1ccccc1. The van der Waals surface area contributed by atoms with Crippen molar-refractivity contribution in [1.82, 2.24) is 0 Å². The summed E-state index contributed by atoms with van der Waals surface area (Å²) in [5.74, 6) is 0. The number of aliphatic hydroxyl groups is 1. The van der Waals surface area contributed by atoms with E-state index in [1.54, 1.807) is 0 Å². The topological polar surface area (TPSA) is 20.2 Å². The quantitative estimate of drug-likeness (QED) is 0.551. The molecule has 0 spiro atoms. The average molecular weight is 304 g/mol. The van der Waals surface area contributed by atoms with Crippen LogP contribution in [0.25, 0.3) is 11.1 Å². The molecule has 3 aromatic carbocycles. The lowest BCUT2D eigenvalue weighted by atomic mass is 9.93. The van der Waals surface area contributed by atoms with Gasteiger partial charge in [-0.1, -0.05) is 97.1 Å². The van der Waals surface area contributed by atoms with Crippen molar-refractivity contribution in [2.75, 3.05) is 0 Å². The second-order valence-electron chi connectivity index (χ2n) is 5.09. The third kappa shape index (κ3) is 2.98. The Morgan fingerprint density at radius 1 is 0.727 bits per heavy atom. The molecule has 0 amide bonds. The van der Waals surface area contributed by atoms with Crippen molar-refractivity contribution in [3.63, 3.8) is 0 Å². The Labute approximate surface area is 135 Å². The zero-order chi connectivity index (χ0) is 15.4. The highest BCUT2D eigenvalue weighted by Gasteiger charge is 2.18. The van der Waals surface area contributed by atoms with Crippen LogP contribution in [0.15, 0.2) is 84.9 Å². The van der Waals surface area contributed by atoms with Crippen molar-refractivity contribution in [3.05, 3.63) is 96.1 Å². The Balaban J connectivity index is 2.01. The van der Waals surface area contributed by atoms with Gasteiger partial charge in [-0.2, -0.15) is 0 Å². The van der Waals surface area contributed by atoms with Gasteiger partial charge in [-0.05, 0) is 22.3 Å². The van der Waals surface area contributed by atoms with Crippen LogP contribution in [0.4, 0.5) is 0 Å². The molecule has 108 valence electrons. The lowest BCUT2D eigenvalue weighted by molar-refractivity contribution is 0.250. The van der Waals surface area contributed by atoms with E-state index in [-0.39, 0.29) is 0 Å². The van der Waals surface area contributed by atoms with Gasteiger partial charge in [-0.25, -0.2) is 0 Å². The van der Waals surface area contributed by atoms with Crippen LogP contribution in [0.3, 0.4) is 0 Å². The monoisotopic (exact) mass is 304 g/mol.